The number of hydrogen-bond donors (Lipinski definition) is 1. The van der Waals surface area contributed by atoms with E-state index in [9.17, 15) is 5.11 Å². The Morgan fingerprint density at radius 3 is 2.50 bits per heavy atom. The van der Waals surface area contributed by atoms with Crippen molar-refractivity contribution in [2.24, 2.45) is 0 Å². The molecule has 134 valence electrons. The predicted octanol–water partition coefficient (Wildman–Crippen LogP) is 5.20. The molecule has 0 bridgehead atoms. The normalized spacial score (nSPS) is 11.5. The Morgan fingerprint density at radius 2 is 1.75 bits per heavy atom. The molecule has 0 spiro atoms. The number of fused-ring (bicyclic) bond motifs is 1. The molecule has 1 heterocycles. The van der Waals surface area contributed by atoms with Crippen molar-refractivity contribution >= 4 is 11.0 Å². The van der Waals surface area contributed by atoms with E-state index in [4.69, 9.17) is 9.15 Å². The number of nitrogens with zero attached hydrogens (tertiary/aromatic N) is 1. The van der Waals surface area contributed by atoms with Gasteiger partial charge in [-0.3, -0.25) is 0 Å². The molecule has 0 aliphatic carbocycles. The Hall–Kier alpha value is -1.68. The van der Waals surface area contributed by atoms with Crippen molar-refractivity contribution in [3.63, 3.8) is 0 Å². The van der Waals surface area contributed by atoms with Gasteiger partial charge >= 0.3 is 5.95 Å². The second kappa shape index (κ2) is 10.2. The van der Waals surface area contributed by atoms with Gasteiger partial charge in [0.05, 0.1) is 12.0 Å². The first-order valence-electron chi connectivity index (χ1n) is 9.31. The quantitative estimate of drug-likeness (QED) is 0.542. The van der Waals surface area contributed by atoms with Crippen LogP contribution in [0.5, 0.6) is 11.7 Å². The highest BCUT2D eigenvalue weighted by atomic mass is 16.6. The van der Waals surface area contributed by atoms with Crippen LogP contribution in [0.25, 0.3) is 11.0 Å². The lowest BCUT2D eigenvalue weighted by molar-refractivity contribution is 0.204. The van der Waals surface area contributed by atoms with Crippen molar-refractivity contribution in [3.05, 3.63) is 24.3 Å². The number of rotatable bonds is 12. The monoisotopic (exact) mass is 333 g/mol. The Bertz CT molecular complexity index is 594. The number of ether oxygens (including phenoxy) is 1. The van der Waals surface area contributed by atoms with Crippen molar-refractivity contribution in [1.29, 1.82) is 0 Å². The third kappa shape index (κ3) is 5.45. The SMILES string of the molecule is CCCCCCCN(CC)CCCOc1oc2ccccc2c1O. The summed E-state index contributed by atoms with van der Waals surface area (Å²) in [7, 11) is 0. The molecule has 0 radical (unpaired) electrons. The van der Waals surface area contributed by atoms with Crippen LogP contribution >= 0.6 is 0 Å². The van der Waals surface area contributed by atoms with E-state index in [0.717, 1.165) is 26.1 Å². The molecule has 4 nitrogen and oxygen atoms in total. The summed E-state index contributed by atoms with van der Waals surface area (Å²) in [4.78, 5) is 2.47. The number of unbranched alkanes of at least 4 members (excludes halogenated alkanes) is 4. The topological polar surface area (TPSA) is 45.8 Å². The van der Waals surface area contributed by atoms with Gasteiger partial charge in [-0.25, -0.2) is 0 Å². The molecule has 2 rings (SSSR count). The van der Waals surface area contributed by atoms with Gasteiger partial charge in [-0.05, 0) is 38.1 Å². The molecule has 0 aliphatic heterocycles. The van der Waals surface area contributed by atoms with Gasteiger partial charge in [0.25, 0.3) is 0 Å². The van der Waals surface area contributed by atoms with Gasteiger partial charge < -0.3 is 19.2 Å². The summed E-state index contributed by atoms with van der Waals surface area (Å²) in [5.74, 6) is 0.340. The van der Waals surface area contributed by atoms with E-state index < -0.39 is 0 Å². The van der Waals surface area contributed by atoms with Crippen molar-refractivity contribution in [1.82, 2.24) is 4.90 Å². The number of benzene rings is 1. The van der Waals surface area contributed by atoms with E-state index in [1.807, 2.05) is 24.3 Å². The second-order valence-electron chi connectivity index (χ2n) is 6.28. The van der Waals surface area contributed by atoms with Crippen LogP contribution in [0.4, 0.5) is 0 Å². The lowest BCUT2D eigenvalue weighted by Gasteiger charge is -2.20. The fourth-order valence-electron chi connectivity index (χ4n) is 2.93. The first-order valence-corrected chi connectivity index (χ1v) is 9.31. The predicted molar refractivity (Wildman–Crippen MR) is 98.9 cm³/mol. The van der Waals surface area contributed by atoms with Gasteiger partial charge in [-0.15, -0.1) is 0 Å². The molecule has 24 heavy (non-hydrogen) atoms. The average molecular weight is 333 g/mol. The molecule has 2 aromatic rings. The van der Waals surface area contributed by atoms with E-state index in [0.29, 0.717) is 17.6 Å². The molecule has 0 unspecified atom stereocenters. The Labute approximate surface area is 145 Å². The van der Waals surface area contributed by atoms with Gasteiger partial charge in [0, 0.05) is 6.54 Å². The maximum absolute atomic E-state index is 10.1. The van der Waals surface area contributed by atoms with Gasteiger partial charge in [0.15, 0.2) is 0 Å². The lowest BCUT2D eigenvalue weighted by Crippen LogP contribution is -2.26. The first-order chi connectivity index (χ1) is 11.8. The standard InChI is InChI=1S/C20H31NO3/c1-3-5-6-7-10-14-21(4-2)15-11-16-23-20-19(22)17-12-8-9-13-18(17)24-20/h8-9,12-13,22H,3-7,10-11,14-16H2,1-2H3. The summed E-state index contributed by atoms with van der Waals surface area (Å²) in [5, 5.41) is 10.8. The minimum Gasteiger partial charge on any atom is -0.501 e. The van der Waals surface area contributed by atoms with E-state index in [1.165, 1.54) is 32.1 Å². The number of aromatic hydroxyl groups is 1. The van der Waals surface area contributed by atoms with Crippen molar-refractivity contribution in [3.8, 4) is 11.7 Å². The number of para-hydroxylation sites is 1. The molecule has 1 aromatic heterocycles. The van der Waals surface area contributed by atoms with Crippen LogP contribution in [0.15, 0.2) is 28.7 Å². The van der Waals surface area contributed by atoms with Crippen LogP contribution in [0.1, 0.15) is 52.4 Å². The summed E-state index contributed by atoms with van der Waals surface area (Å²) in [6.45, 7) is 8.26. The third-order valence-corrected chi connectivity index (χ3v) is 4.42. The van der Waals surface area contributed by atoms with Crippen molar-refractivity contribution in [2.45, 2.75) is 52.4 Å². The maximum Gasteiger partial charge on any atom is 0.329 e. The average Bonchev–Trinajstić information content (AvgIpc) is 2.93. The van der Waals surface area contributed by atoms with Crippen LogP contribution in [0.2, 0.25) is 0 Å². The summed E-state index contributed by atoms with van der Waals surface area (Å²) in [5.41, 5.74) is 0.660. The van der Waals surface area contributed by atoms with Crippen LogP contribution in [0.3, 0.4) is 0 Å². The molecular weight excluding hydrogens is 302 g/mol. The summed E-state index contributed by atoms with van der Waals surface area (Å²) in [6, 6.07) is 7.42. The Morgan fingerprint density at radius 1 is 1.00 bits per heavy atom. The molecular formula is C20H31NO3. The summed E-state index contributed by atoms with van der Waals surface area (Å²) >= 11 is 0. The Kier molecular flexibility index (Phi) is 7.96. The molecule has 0 saturated heterocycles. The maximum atomic E-state index is 10.1. The molecule has 0 amide bonds. The summed E-state index contributed by atoms with van der Waals surface area (Å²) < 4.78 is 11.2. The van der Waals surface area contributed by atoms with E-state index in [-0.39, 0.29) is 11.7 Å². The van der Waals surface area contributed by atoms with Crippen molar-refractivity contribution < 1.29 is 14.3 Å². The third-order valence-electron chi connectivity index (χ3n) is 4.42. The smallest absolute Gasteiger partial charge is 0.329 e. The number of hydrogen-bond acceptors (Lipinski definition) is 4. The minimum absolute atomic E-state index is 0.105. The molecule has 1 aromatic carbocycles. The first kappa shape index (κ1) is 18.7. The molecule has 1 N–H and O–H groups in total. The summed E-state index contributed by atoms with van der Waals surface area (Å²) in [6.07, 6.45) is 7.53. The van der Waals surface area contributed by atoms with E-state index in [1.54, 1.807) is 0 Å². The van der Waals surface area contributed by atoms with Crippen LogP contribution in [-0.4, -0.2) is 36.2 Å². The molecule has 4 heteroatoms. The minimum atomic E-state index is 0.105. The van der Waals surface area contributed by atoms with Gasteiger partial charge in [-0.2, -0.15) is 0 Å². The number of furan rings is 1. The molecule has 0 atom stereocenters. The van der Waals surface area contributed by atoms with Crippen molar-refractivity contribution in [2.75, 3.05) is 26.2 Å². The van der Waals surface area contributed by atoms with E-state index >= 15 is 0 Å². The van der Waals surface area contributed by atoms with E-state index in [2.05, 4.69) is 18.7 Å². The zero-order valence-electron chi connectivity index (χ0n) is 15.1. The lowest BCUT2D eigenvalue weighted by atomic mass is 10.1. The molecule has 0 saturated carbocycles. The second-order valence-corrected chi connectivity index (χ2v) is 6.28. The fraction of sp³-hybridized carbons (Fsp3) is 0.600. The zero-order chi connectivity index (χ0) is 17.2. The fourth-order valence-corrected chi connectivity index (χ4v) is 2.93. The van der Waals surface area contributed by atoms with Crippen LogP contribution < -0.4 is 4.74 Å². The highest BCUT2D eigenvalue weighted by Gasteiger charge is 2.14. The molecule has 0 fully saturated rings. The highest BCUT2D eigenvalue weighted by Crippen LogP contribution is 2.37. The van der Waals surface area contributed by atoms with Gasteiger partial charge in [-0.1, -0.05) is 51.7 Å². The van der Waals surface area contributed by atoms with Gasteiger partial charge in [0.1, 0.15) is 5.58 Å². The largest absolute Gasteiger partial charge is 0.501 e. The Balaban J connectivity index is 1.68. The van der Waals surface area contributed by atoms with Crippen LogP contribution in [-0.2, 0) is 0 Å². The van der Waals surface area contributed by atoms with Gasteiger partial charge in [0.2, 0.25) is 5.75 Å². The van der Waals surface area contributed by atoms with Crippen LogP contribution in [0, 0.1) is 0 Å². The highest BCUT2D eigenvalue weighted by molar-refractivity contribution is 5.86. The molecule has 0 aliphatic rings. The zero-order valence-corrected chi connectivity index (χ0v) is 15.1.